The lowest BCUT2D eigenvalue weighted by Gasteiger charge is -2.31. The first-order valence-electron chi connectivity index (χ1n) is 7.88. The third kappa shape index (κ3) is 3.02. The van der Waals surface area contributed by atoms with E-state index in [-0.39, 0.29) is 17.7 Å². The van der Waals surface area contributed by atoms with Gasteiger partial charge in [0.15, 0.2) is 0 Å². The fraction of sp³-hybridized carbons (Fsp3) is 0.316. The average Bonchev–Trinajstić information content (AvgIpc) is 3.40. The van der Waals surface area contributed by atoms with Crippen LogP contribution in [0.3, 0.4) is 0 Å². The summed E-state index contributed by atoms with van der Waals surface area (Å²) in [5, 5.41) is 10.1. The Kier molecular flexibility index (Phi) is 4.24. The number of anilines is 1. The minimum Gasteiger partial charge on any atom is -0.507 e. The summed E-state index contributed by atoms with van der Waals surface area (Å²) in [6, 6.07) is 14.2. The van der Waals surface area contributed by atoms with Gasteiger partial charge in [-0.05, 0) is 49.9 Å². The van der Waals surface area contributed by atoms with Crippen molar-refractivity contribution in [2.24, 2.45) is 5.92 Å². The van der Waals surface area contributed by atoms with E-state index in [9.17, 15) is 9.90 Å². The van der Waals surface area contributed by atoms with Gasteiger partial charge in [0.1, 0.15) is 11.5 Å². The van der Waals surface area contributed by atoms with Crippen LogP contribution in [0.5, 0.6) is 11.5 Å². The molecule has 1 aliphatic carbocycles. The lowest BCUT2D eigenvalue weighted by Crippen LogP contribution is -2.40. The van der Waals surface area contributed by atoms with Crippen molar-refractivity contribution in [3.63, 3.8) is 0 Å². The molecule has 0 spiro atoms. The third-order valence-electron chi connectivity index (χ3n) is 4.41. The molecule has 2 aromatic rings. The van der Waals surface area contributed by atoms with E-state index in [2.05, 4.69) is 6.92 Å². The summed E-state index contributed by atoms with van der Waals surface area (Å²) in [6.45, 7) is 2.06. The number of amides is 1. The zero-order valence-corrected chi connectivity index (χ0v) is 13.4. The van der Waals surface area contributed by atoms with Gasteiger partial charge in [-0.15, -0.1) is 0 Å². The first-order valence-corrected chi connectivity index (χ1v) is 7.88. The van der Waals surface area contributed by atoms with E-state index < -0.39 is 0 Å². The number of phenols is 1. The topological polar surface area (TPSA) is 49.8 Å². The maximum absolute atomic E-state index is 13.1. The standard InChI is InChI=1S/C19H21NO3/c1-13(14-11-12-14)20(16-8-4-6-10-18(16)23-2)19(22)15-7-3-5-9-17(15)21/h3-10,13-14,21H,11-12H2,1-2H3/t13-/m0/s1. The summed E-state index contributed by atoms with van der Waals surface area (Å²) in [5.74, 6) is 0.950. The van der Waals surface area contributed by atoms with Crippen LogP contribution in [0.15, 0.2) is 48.5 Å². The highest BCUT2D eigenvalue weighted by atomic mass is 16.5. The van der Waals surface area contributed by atoms with E-state index in [0.29, 0.717) is 17.2 Å². The molecular formula is C19H21NO3. The Morgan fingerprint density at radius 2 is 1.83 bits per heavy atom. The van der Waals surface area contributed by atoms with Gasteiger partial charge in [-0.25, -0.2) is 0 Å². The first-order chi connectivity index (χ1) is 11.1. The summed E-state index contributed by atoms with van der Waals surface area (Å²) in [5.41, 5.74) is 1.05. The number of phenolic OH excluding ortho intramolecular Hbond substituents is 1. The molecule has 2 aromatic carbocycles. The van der Waals surface area contributed by atoms with Gasteiger partial charge < -0.3 is 14.7 Å². The van der Waals surface area contributed by atoms with Crippen molar-refractivity contribution in [3.8, 4) is 11.5 Å². The molecule has 4 nitrogen and oxygen atoms in total. The summed E-state index contributed by atoms with van der Waals surface area (Å²) in [4.78, 5) is 14.9. The Balaban J connectivity index is 2.05. The summed E-state index contributed by atoms with van der Waals surface area (Å²) in [6.07, 6.45) is 2.25. The summed E-state index contributed by atoms with van der Waals surface area (Å²) < 4.78 is 5.44. The fourth-order valence-corrected chi connectivity index (χ4v) is 2.92. The smallest absolute Gasteiger partial charge is 0.262 e. The third-order valence-corrected chi connectivity index (χ3v) is 4.41. The molecule has 23 heavy (non-hydrogen) atoms. The molecule has 0 bridgehead atoms. The number of benzene rings is 2. The molecule has 0 heterocycles. The maximum Gasteiger partial charge on any atom is 0.262 e. The number of aromatic hydroxyl groups is 1. The van der Waals surface area contributed by atoms with Crippen molar-refractivity contribution >= 4 is 11.6 Å². The highest BCUT2D eigenvalue weighted by molar-refractivity contribution is 6.09. The van der Waals surface area contributed by atoms with Gasteiger partial charge in [0.05, 0.1) is 18.4 Å². The van der Waals surface area contributed by atoms with Gasteiger partial charge in [0.2, 0.25) is 0 Å². The molecule has 0 aliphatic heterocycles. The highest BCUT2D eigenvalue weighted by Crippen LogP contribution is 2.40. The number of carbonyl (C=O) groups is 1. The molecule has 1 N–H and O–H groups in total. The van der Waals surface area contributed by atoms with Crippen molar-refractivity contribution in [3.05, 3.63) is 54.1 Å². The number of hydrogen-bond acceptors (Lipinski definition) is 3. The number of para-hydroxylation sites is 3. The lowest BCUT2D eigenvalue weighted by molar-refractivity contribution is 0.0972. The van der Waals surface area contributed by atoms with Crippen LogP contribution in [0.1, 0.15) is 30.1 Å². The van der Waals surface area contributed by atoms with E-state index in [4.69, 9.17) is 4.74 Å². The van der Waals surface area contributed by atoms with Gasteiger partial charge in [-0.2, -0.15) is 0 Å². The van der Waals surface area contributed by atoms with Gasteiger partial charge in [-0.3, -0.25) is 4.79 Å². The number of nitrogens with zero attached hydrogens (tertiary/aromatic N) is 1. The number of rotatable bonds is 5. The lowest BCUT2D eigenvalue weighted by atomic mass is 10.1. The van der Waals surface area contributed by atoms with Crippen molar-refractivity contribution < 1.29 is 14.6 Å². The van der Waals surface area contributed by atoms with E-state index in [1.54, 1.807) is 30.2 Å². The van der Waals surface area contributed by atoms with Crippen LogP contribution in [0.2, 0.25) is 0 Å². The molecule has 3 rings (SSSR count). The van der Waals surface area contributed by atoms with E-state index >= 15 is 0 Å². The Labute approximate surface area is 136 Å². The van der Waals surface area contributed by atoms with Crippen LogP contribution in [-0.2, 0) is 0 Å². The molecule has 4 heteroatoms. The van der Waals surface area contributed by atoms with Gasteiger partial charge in [0.25, 0.3) is 5.91 Å². The van der Waals surface area contributed by atoms with E-state index in [1.165, 1.54) is 6.07 Å². The van der Waals surface area contributed by atoms with Crippen molar-refractivity contribution in [1.29, 1.82) is 0 Å². The molecule has 0 saturated heterocycles. The van der Waals surface area contributed by atoms with Crippen LogP contribution in [-0.4, -0.2) is 24.2 Å². The molecule has 1 amide bonds. The average molecular weight is 311 g/mol. The Bertz CT molecular complexity index is 709. The van der Waals surface area contributed by atoms with E-state index in [0.717, 1.165) is 18.5 Å². The van der Waals surface area contributed by atoms with Crippen LogP contribution >= 0.6 is 0 Å². The Morgan fingerprint density at radius 3 is 2.48 bits per heavy atom. The van der Waals surface area contributed by atoms with Crippen LogP contribution in [0.25, 0.3) is 0 Å². The maximum atomic E-state index is 13.1. The molecule has 1 atom stereocenters. The molecule has 0 radical (unpaired) electrons. The molecule has 0 unspecified atom stereocenters. The molecule has 1 aliphatic rings. The van der Waals surface area contributed by atoms with Gasteiger partial charge in [0, 0.05) is 6.04 Å². The minimum absolute atomic E-state index is 0.000366. The Hall–Kier alpha value is -2.49. The van der Waals surface area contributed by atoms with Crippen LogP contribution in [0, 0.1) is 5.92 Å². The quantitative estimate of drug-likeness (QED) is 0.912. The predicted molar refractivity (Wildman–Crippen MR) is 90.1 cm³/mol. The molecule has 1 saturated carbocycles. The number of carbonyl (C=O) groups excluding carboxylic acids is 1. The largest absolute Gasteiger partial charge is 0.507 e. The van der Waals surface area contributed by atoms with Crippen LogP contribution in [0.4, 0.5) is 5.69 Å². The second-order valence-corrected chi connectivity index (χ2v) is 5.94. The normalized spacial score (nSPS) is 15.0. The molecule has 120 valence electrons. The molecular weight excluding hydrogens is 290 g/mol. The van der Waals surface area contributed by atoms with Crippen molar-refractivity contribution in [2.45, 2.75) is 25.8 Å². The van der Waals surface area contributed by atoms with Crippen LogP contribution < -0.4 is 9.64 Å². The number of hydrogen-bond donors (Lipinski definition) is 1. The molecule has 0 aromatic heterocycles. The summed E-state index contributed by atoms with van der Waals surface area (Å²) in [7, 11) is 1.60. The van der Waals surface area contributed by atoms with Gasteiger partial charge >= 0.3 is 0 Å². The second-order valence-electron chi connectivity index (χ2n) is 5.94. The first kappa shape index (κ1) is 15.4. The second kappa shape index (κ2) is 6.32. The zero-order chi connectivity index (χ0) is 16.4. The van der Waals surface area contributed by atoms with Crippen molar-refractivity contribution in [2.75, 3.05) is 12.0 Å². The minimum atomic E-state index is -0.202. The molecule has 1 fully saturated rings. The number of ether oxygens (including phenoxy) is 1. The van der Waals surface area contributed by atoms with E-state index in [1.807, 2.05) is 24.3 Å². The zero-order valence-electron chi connectivity index (χ0n) is 13.4. The SMILES string of the molecule is COc1ccccc1N(C(=O)c1ccccc1O)[C@@H](C)C1CC1. The number of methoxy groups -OCH3 is 1. The predicted octanol–water partition coefficient (Wildman–Crippen LogP) is 3.85. The monoisotopic (exact) mass is 311 g/mol. The summed E-state index contributed by atoms with van der Waals surface area (Å²) >= 11 is 0. The fourth-order valence-electron chi connectivity index (χ4n) is 2.92. The van der Waals surface area contributed by atoms with Gasteiger partial charge in [-0.1, -0.05) is 24.3 Å². The Morgan fingerprint density at radius 1 is 1.17 bits per heavy atom. The van der Waals surface area contributed by atoms with Crippen molar-refractivity contribution in [1.82, 2.24) is 0 Å². The highest BCUT2D eigenvalue weighted by Gasteiger charge is 2.37.